The number of nitrogens with one attached hydrogen (secondary N) is 1. The first-order valence-electron chi connectivity index (χ1n) is 7.97. The quantitative estimate of drug-likeness (QED) is 0.893. The topological polar surface area (TPSA) is 67.6 Å². The molecule has 2 atom stereocenters. The van der Waals surface area contributed by atoms with Gasteiger partial charge in [-0.25, -0.2) is 9.18 Å². The van der Waals surface area contributed by atoms with Crippen molar-refractivity contribution in [2.75, 3.05) is 19.6 Å². The highest BCUT2D eigenvalue weighted by Gasteiger charge is 2.30. The standard InChI is InChI=1S/C17H26FN3O2/c1-17(2,3)23-16(22)20-14-7-8-21(11-14)15(10-19)12-5-4-6-13(18)9-12/h4-6,9,14-15H,7-8,10-11,19H2,1-3H3,(H,20,22)/t14-,15+/m0/s1. The van der Waals surface area contributed by atoms with E-state index in [0.717, 1.165) is 18.5 Å². The van der Waals surface area contributed by atoms with Crippen LogP contribution in [0.2, 0.25) is 0 Å². The van der Waals surface area contributed by atoms with Gasteiger partial charge in [-0.15, -0.1) is 0 Å². The van der Waals surface area contributed by atoms with Gasteiger partial charge in [-0.3, -0.25) is 4.90 Å². The summed E-state index contributed by atoms with van der Waals surface area (Å²) in [5.74, 6) is -0.261. The molecule has 0 spiro atoms. The van der Waals surface area contributed by atoms with E-state index in [1.165, 1.54) is 12.1 Å². The second kappa shape index (κ2) is 7.27. The molecule has 0 radical (unpaired) electrons. The van der Waals surface area contributed by atoms with Crippen LogP contribution in [0.15, 0.2) is 24.3 Å². The molecule has 0 saturated carbocycles. The van der Waals surface area contributed by atoms with Crippen LogP contribution in [0.4, 0.5) is 9.18 Å². The fourth-order valence-corrected chi connectivity index (χ4v) is 2.87. The van der Waals surface area contributed by atoms with Crippen LogP contribution >= 0.6 is 0 Å². The Morgan fingerprint density at radius 1 is 1.52 bits per heavy atom. The molecule has 1 fully saturated rings. The Morgan fingerprint density at radius 3 is 2.87 bits per heavy atom. The SMILES string of the molecule is CC(C)(C)OC(=O)N[C@H]1CCN([C@H](CN)c2cccc(F)c2)C1. The molecule has 1 aliphatic rings. The number of amides is 1. The first kappa shape index (κ1) is 17.7. The van der Waals surface area contributed by atoms with Gasteiger partial charge < -0.3 is 15.8 Å². The summed E-state index contributed by atoms with van der Waals surface area (Å²) in [5, 5.41) is 2.89. The van der Waals surface area contributed by atoms with Crippen molar-refractivity contribution in [3.05, 3.63) is 35.6 Å². The van der Waals surface area contributed by atoms with Crippen molar-refractivity contribution in [1.82, 2.24) is 10.2 Å². The van der Waals surface area contributed by atoms with E-state index in [1.54, 1.807) is 6.07 Å². The van der Waals surface area contributed by atoms with Crippen molar-refractivity contribution in [3.8, 4) is 0 Å². The number of carbonyl (C=O) groups is 1. The Morgan fingerprint density at radius 2 is 2.26 bits per heavy atom. The molecule has 1 aromatic rings. The number of ether oxygens (including phenoxy) is 1. The fourth-order valence-electron chi connectivity index (χ4n) is 2.87. The molecule has 1 amide bonds. The first-order chi connectivity index (χ1) is 10.8. The average Bonchev–Trinajstić information content (AvgIpc) is 2.85. The van der Waals surface area contributed by atoms with Crippen LogP contribution in [0.25, 0.3) is 0 Å². The molecule has 1 heterocycles. The van der Waals surface area contributed by atoms with Crippen LogP contribution in [-0.4, -0.2) is 42.3 Å². The maximum atomic E-state index is 13.4. The number of likely N-dealkylation sites (tertiary alicyclic amines) is 1. The lowest BCUT2D eigenvalue weighted by Gasteiger charge is -2.27. The van der Waals surface area contributed by atoms with Crippen LogP contribution in [-0.2, 0) is 4.74 Å². The smallest absolute Gasteiger partial charge is 0.407 e. The first-order valence-corrected chi connectivity index (χ1v) is 7.97. The molecule has 0 aromatic heterocycles. The van der Waals surface area contributed by atoms with Gasteiger partial charge in [-0.05, 0) is 44.9 Å². The highest BCUT2D eigenvalue weighted by Crippen LogP contribution is 2.25. The zero-order valence-electron chi connectivity index (χ0n) is 14.0. The average molecular weight is 323 g/mol. The Kier molecular flexibility index (Phi) is 5.59. The van der Waals surface area contributed by atoms with E-state index in [4.69, 9.17) is 10.5 Å². The van der Waals surface area contributed by atoms with Gasteiger partial charge in [0.2, 0.25) is 0 Å². The molecule has 6 heteroatoms. The summed E-state index contributed by atoms with van der Waals surface area (Å²) >= 11 is 0. The summed E-state index contributed by atoms with van der Waals surface area (Å²) in [6.07, 6.45) is 0.421. The van der Waals surface area contributed by atoms with Crippen molar-refractivity contribution >= 4 is 6.09 Å². The number of halogens is 1. The number of carbonyl (C=O) groups excluding carboxylic acids is 1. The molecule has 1 aliphatic heterocycles. The lowest BCUT2D eigenvalue weighted by Crippen LogP contribution is -2.41. The van der Waals surface area contributed by atoms with Gasteiger partial charge in [-0.1, -0.05) is 12.1 Å². The number of benzene rings is 1. The summed E-state index contributed by atoms with van der Waals surface area (Å²) in [7, 11) is 0. The Hall–Kier alpha value is -1.66. The molecule has 128 valence electrons. The van der Waals surface area contributed by atoms with Crippen molar-refractivity contribution in [1.29, 1.82) is 0 Å². The minimum absolute atomic E-state index is 0.0208. The van der Waals surface area contributed by atoms with Gasteiger partial charge in [0, 0.05) is 31.7 Å². The largest absolute Gasteiger partial charge is 0.444 e. The predicted octanol–water partition coefficient (Wildman–Crippen LogP) is 2.42. The molecule has 1 saturated heterocycles. The third-order valence-electron chi connectivity index (χ3n) is 3.84. The van der Waals surface area contributed by atoms with Gasteiger partial charge in [0.25, 0.3) is 0 Å². The van der Waals surface area contributed by atoms with Crippen molar-refractivity contribution < 1.29 is 13.9 Å². The maximum absolute atomic E-state index is 13.4. The van der Waals surface area contributed by atoms with Crippen molar-refractivity contribution in [2.45, 2.75) is 44.9 Å². The zero-order valence-corrected chi connectivity index (χ0v) is 14.0. The molecule has 5 nitrogen and oxygen atoms in total. The van der Waals surface area contributed by atoms with E-state index in [2.05, 4.69) is 10.2 Å². The number of nitrogens with two attached hydrogens (primary N) is 1. The zero-order chi connectivity index (χ0) is 17.0. The van der Waals surface area contributed by atoms with E-state index < -0.39 is 11.7 Å². The van der Waals surface area contributed by atoms with Crippen LogP contribution in [0.3, 0.4) is 0 Å². The second-order valence-electron chi connectivity index (χ2n) is 6.93. The van der Waals surface area contributed by atoms with Gasteiger partial charge in [0.15, 0.2) is 0 Å². The summed E-state index contributed by atoms with van der Waals surface area (Å²) < 4.78 is 18.7. The van der Waals surface area contributed by atoms with Crippen LogP contribution in [0.5, 0.6) is 0 Å². The molecular weight excluding hydrogens is 297 g/mol. The van der Waals surface area contributed by atoms with E-state index in [0.29, 0.717) is 13.1 Å². The summed E-state index contributed by atoms with van der Waals surface area (Å²) in [5.41, 5.74) is 6.24. The third kappa shape index (κ3) is 5.18. The van der Waals surface area contributed by atoms with Gasteiger partial charge in [0.05, 0.1) is 0 Å². The number of alkyl carbamates (subject to hydrolysis) is 1. The number of rotatable bonds is 4. The van der Waals surface area contributed by atoms with Crippen LogP contribution < -0.4 is 11.1 Å². The van der Waals surface area contributed by atoms with Gasteiger partial charge >= 0.3 is 6.09 Å². The van der Waals surface area contributed by atoms with Crippen molar-refractivity contribution in [2.24, 2.45) is 5.73 Å². The predicted molar refractivity (Wildman–Crippen MR) is 87.5 cm³/mol. The summed E-state index contributed by atoms with van der Waals surface area (Å²) in [4.78, 5) is 14.0. The molecule has 0 unspecified atom stereocenters. The molecule has 23 heavy (non-hydrogen) atoms. The van der Waals surface area contributed by atoms with E-state index in [9.17, 15) is 9.18 Å². The van der Waals surface area contributed by atoms with Crippen LogP contribution in [0.1, 0.15) is 38.8 Å². The van der Waals surface area contributed by atoms with E-state index >= 15 is 0 Å². The monoisotopic (exact) mass is 323 g/mol. The summed E-state index contributed by atoms with van der Waals surface area (Å²) in [6, 6.07) is 6.50. The lowest BCUT2D eigenvalue weighted by molar-refractivity contribution is 0.0504. The Balaban J connectivity index is 1.94. The Labute approximate surface area is 137 Å². The third-order valence-corrected chi connectivity index (χ3v) is 3.84. The van der Waals surface area contributed by atoms with Crippen LogP contribution in [0, 0.1) is 5.82 Å². The maximum Gasteiger partial charge on any atom is 0.407 e. The summed E-state index contributed by atoms with van der Waals surface area (Å²) in [6.45, 7) is 7.39. The molecule has 2 rings (SSSR count). The van der Waals surface area contributed by atoms with Gasteiger partial charge in [-0.2, -0.15) is 0 Å². The highest BCUT2D eigenvalue weighted by atomic mass is 19.1. The normalized spacial score (nSPS) is 20.3. The second-order valence-corrected chi connectivity index (χ2v) is 6.93. The lowest BCUT2D eigenvalue weighted by atomic mass is 10.1. The van der Waals surface area contributed by atoms with Crippen molar-refractivity contribution in [3.63, 3.8) is 0 Å². The molecule has 0 aliphatic carbocycles. The molecule has 3 N–H and O–H groups in total. The van der Waals surface area contributed by atoms with E-state index in [1.807, 2.05) is 26.8 Å². The van der Waals surface area contributed by atoms with Gasteiger partial charge in [0.1, 0.15) is 11.4 Å². The molecule has 1 aromatic carbocycles. The van der Waals surface area contributed by atoms with E-state index in [-0.39, 0.29) is 17.9 Å². The number of nitrogens with zero attached hydrogens (tertiary/aromatic N) is 1. The number of hydrogen-bond acceptors (Lipinski definition) is 4. The minimum Gasteiger partial charge on any atom is -0.444 e. The highest BCUT2D eigenvalue weighted by molar-refractivity contribution is 5.68. The molecular formula is C17H26FN3O2. The molecule has 0 bridgehead atoms. The fraction of sp³-hybridized carbons (Fsp3) is 0.588. The Bertz CT molecular complexity index is 545. The number of hydrogen-bond donors (Lipinski definition) is 2. The minimum atomic E-state index is -0.510.